The summed E-state index contributed by atoms with van der Waals surface area (Å²) in [5, 5.41) is 6.39. The molecule has 15 nitrogen and oxygen atoms in total. The van der Waals surface area contributed by atoms with E-state index in [1.54, 1.807) is 6.92 Å². The Kier molecular flexibility index (Phi) is 10.9. The van der Waals surface area contributed by atoms with Gasteiger partial charge >= 0.3 is 6.09 Å². The van der Waals surface area contributed by atoms with Gasteiger partial charge < -0.3 is 34.6 Å². The van der Waals surface area contributed by atoms with Gasteiger partial charge in [-0.15, -0.1) is 6.58 Å². The van der Waals surface area contributed by atoms with Crippen LogP contribution in [0.3, 0.4) is 0 Å². The maximum absolute atomic E-state index is 14.4. The number of likely N-dealkylation sites (tertiary alicyclic amines) is 1. The van der Waals surface area contributed by atoms with E-state index in [1.807, 2.05) is 24.3 Å². The number of nitrogens with zero attached hydrogens (tertiary/aromatic N) is 3. The lowest BCUT2D eigenvalue weighted by molar-refractivity contribution is -0.140. The number of para-hydroxylation sites is 1. The van der Waals surface area contributed by atoms with Crippen LogP contribution in [-0.2, 0) is 35.6 Å². The maximum Gasteiger partial charge on any atom is 0.408 e. The van der Waals surface area contributed by atoms with Crippen LogP contribution in [0, 0.1) is 11.8 Å². The lowest BCUT2D eigenvalue weighted by Crippen LogP contribution is -2.58. The van der Waals surface area contributed by atoms with Crippen molar-refractivity contribution in [2.75, 3.05) is 26.7 Å². The number of fused-ring (bicyclic) bond motifs is 5. The number of hydrogen-bond donors (Lipinski definition) is 3. The van der Waals surface area contributed by atoms with Crippen molar-refractivity contribution in [2.45, 2.75) is 132 Å². The predicted octanol–water partition coefficient (Wildman–Crippen LogP) is 3.74. The number of aromatic nitrogens is 1. The molecule has 0 radical (unpaired) electrons. The van der Waals surface area contributed by atoms with Crippen molar-refractivity contribution in [3.63, 3.8) is 0 Å². The molecule has 3 aliphatic heterocycles. The van der Waals surface area contributed by atoms with Crippen LogP contribution in [0.2, 0.25) is 0 Å². The van der Waals surface area contributed by atoms with Crippen LogP contribution >= 0.6 is 0 Å². The molecule has 4 heterocycles. The van der Waals surface area contributed by atoms with Gasteiger partial charge in [0.25, 0.3) is 5.91 Å². The van der Waals surface area contributed by atoms with Gasteiger partial charge in [-0.1, -0.05) is 31.1 Å². The molecule has 1 aromatic heterocycles. The van der Waals surface area contributed by atoms with Gasteiger partial charge in [0.15, 0.2) is 0 Å². The van der Waals surface area contributed by atoms with E-state index in [-0.39, 0.29) is 37.5 Å². The van der Waals surface area contributed by atoms with E-state index in [0.29, 0.717) is 30.7 Å². The summed E-state index contributed by atoms with van der Waals surface area (Å²) in [6.45, 7) is 8.77. The highest BCUT2D eigenvalue weighted by molar-refractivity contribution is 7.91. The van der Waals surface area contributed by atoms with Gasteiger partial charge in [0.2, 0.25) is 27.7 Å². The Hall–Kier alpha value is -4.44. The van der Waals surface area contributed by atoms with E-state index in [1.165, 1.54) is 17.9 Å². The van der Waals surface area contributed by atoms with Crippen LogP contribution in [0.15, 0.2) is 36.9 Å². The van der Waals surface area contributed by atoms with Crippen molar-refractivity contribution < 1.29 is 41.8 Å². The maximum atomic E-state index is 14.4. The molecular weight excluding hydrogens is 765 g/mol. The first-order chi connectivity index (χ1) is 27.7. The number of pyridine rings is 1. The van der Waals surface area contributed by atoms with Gasteiger partial charge in [-0.25, -0.2) is 18.2 Å². The highest BCUT2D eigenvalue weighted by Gasteiger charge is 2.63. The van der Waals surface area contributed by atoms with Gasteiger partial charge in [0.1, 0.15) is 41.7 Å². The number of carbonyl (C=O) groups excluding carboxylic acids is 4. The molecule has 6 aliphatic rings. The van der Waals surface area contributed by atoms with Gasteiger partial charge in [0, 0.05) is 30.8 Å². The molecule has 2 bridgehead atoms. The Morgan fingerprint density at radius 3 is 2.55 bits per heavy atom. The summed E-state index contributed by atoms with van der Waals surface area (Å²) in [6, 6.07) is 5.66. The van der Waals surface area contributed by atoms with E-state index in [0.717, 1.165) is 74.7 Å². The van der Waals surface area contributed by atoms with Crippen LogP contribution in [0.5, 0.6) is 11.6 Å². The van der Waals surface area contributed by atoms with Crippen LogP contribution in [0.4, 0.5) is 4.79 Å². The SMILES string of the molecule is C=CC1C[C@]1(NC(=O)[C@@H]1C[C@@H]2CN1C(=O)[C@H](C)NC(=O)O[C@@H]1C[C@H]1CCCCCc1c(nc3ccccc3c1OC1CCN(C)CC1)O2)C(=O)NS(=O)(=O)C1(C)CC1. The first-order valence-corrected chi connectivity index (χ1v) is 22.4. The standard InChI is InChI=1S/C42H56N6O9S/c1-5-27-23-42(27,39(51)46-58(53,54)41(3)17-18-41)45-36(49)33-22-29-24-48(33)38(50)25(2)43-40(52)57-34-21-26(34)11-7-6-8-13-31-35(55-28-15-19-47(4)20-16-28)30-12-9-10-14-32(30)44-37(31)56-29/h5,9-10,12,14,25-29,33-34H,1,6-8,11,13,15-24H2,2-4H3,(H,43,52)(H,45,49)(H,46,51)/t25-,26+,27?,29+,33-,34+,42+/m0/s1. The van der Waals surface area contributed by atoms with Crippen LogP contribution < -0.4 is 24.8 Å². The third kappa shape index (κ3) is 8.10. The number of piperidine rings is 1. The molecule has 0 spiro atoms. The number of amides is 4. The molecule has 3 aliphatic carbocycles. The monoisotopic (exact) mass is 820 g/mol. The normalized spacial score (nSPS) is 31.5. The third-order valence-corrected chi connectivity index (χ3v) is 15.3. The Balaban J connectivity index is 1.11. The zero-order valence-corrected chi connectivity index (χ0v) is 34.5. The van der Waals surface area contributed by atoms with Crippen molar-refractivity contribution >= 4 is 44.7 Å². The number of carbonyl (C=O) groups is 4. The fourth-order valence-electron chi connectivity index (χ4n) is 8.78. The molecule has 58 heavy (non-hydrogen) atoms. The van der Waals surface area contributed by atoms with Crippen molar-refractivity contribution in [3.8, 4) is 11.6 Å². The van der Waals surface area contributed by atoms with Crippen LogP contribution in [0.1, 0.15) is 90.0 Å². The Bertz CT molecular complexity index is 2090. The molecule has 4 amide bonds. The van der Waals surface area contributed by atoms with E-state index in [9.17, 15) is 27.6 Å². The highest BCUT2D eigenvalue weighted by atomic mass is 32.2. The zero-order chi connectivity index (χ0) is 41.0. The van der Waals surface area contributed by atoms with E-state index in [4.69, 9.17) is 19.2 Å². The van der Waals surface area contributed by atoms with Crippen molar-refractivity contribution in [1.29, 1.82) is 0 Å². The smallest absolute Gasteiger partial charge is 0.408 e. The number of benzene rings is 1. The first-order valence-electron chi connectivity index (χ1n) is 20.9. The molecule has 3 saturated carbocycles. The van der Waals surface area contributed by atoms with E-state index >= 15 is 0 Å². The molecule has 3 N–H and O–H groups in total. The van der Waals surface area contributed by atoms with Crippen LogP contribution in [-0.4, -0.2) is 114 Å². The minimum absolute atomic E-state index is 0.0153. The second-order valence-corrected chi connectivity index (χ2v) is 19.8. The summed E-state index contributed by atoms with van der Waals surface area (Å²) in [6.07, 6.45) is 7.85. The van der Waals surface area contributed by atoms with E-state index in [2.05, 4.69) is 33.9 Å². The summed E-state index contributed by atoms with van der Waals surface area (Å²) in [5.74, 6) is -1.13. The molecule has 16 heteroatoms. The molecule has 314 valence electrons. The molecular formula is C42H56N6O9S. The molecule has 2 saturated heterocycles. The van der Waals surface area contributed by atoms with Gasteiger partial charge in [0.05, 0.1) is 22.4 Å². The number of alkyl carbamates (subject to hydrolysis) is 1. The predicted molar refractivity (Wildman–Crippen MR) is 214 cm³/mol. The van der Waals surface area contributed by atoms with Gasteiger partial charge in [-0.05, 0) is 96.7 Å². The molecule has 1 aromatic carbocycles. The van der Waals surface area contributed by atoms with Crippen molar-refractivity contribution in [2.24, 2.45) is 11.8 Å². The summed E-state index contributed by atoms with van der Waals surface area (Å²) in [5.41, 5.74) is -0.000639. The van der Waals surface area contributed by atoms with Gasteiger partial charge in [-0.2, -0.15) is 0 Å². The minimum atomic E-state index is -3.99. The number of ether oxygens (including phenoxy) is 3. The van der Waals surface area contributed by atoms with Gasteiger partial charge in [-0.3, -0.25) is 19.1 Å². The Morgan fingerprint density at radius 1 is 1.07 bits per heavy atom. The highest BCUT2D eigenvalue weighted by Crippen LogP contribution is 2.47. The summed E-state index contributed by atoms with van der Waals surface area (Å²) in [4.78, 5) is 63.9. The van der Waals surface area contributed by atoms with Crippen molar-refractivity contribution in [1.82, 2.24) is 30.1 Å². The lowest BCUT2D eigenvalue weighted by atomic mass is 10.0. The second kappa shape index (κ2) is 15.6. The average Bonchev–Trinajstić information content (AvgIpc) is 4.15. The number of rotatable bonds is 8. The molecule has 7 atom stereocenters. The quantitative estimate of drug-likeness (QED) is 0.330. The summed E-state index contributed by atoms with van der Waals surface area (Å²) < 4.78 is 46.7. The lowest BCUT2D eigenvalue weighted by Gasteiger charge is -2.31. The largest absolute Gasteiger partial charge is 0.489 e. The fourth-order valence-corrected chi connectivity index (χ4v) is 10.1. The van der Waals surface area contributed by atoms with Crippen LogP contribution in [0.25, 0.3) is 10.9 Å². The minimum Gasteiger partial charge on any atom is -0.489 e. The van der Waals surface area contributed by atoms with E-state index < -0.39 is 68.2 Å². The average molecular weight is 821 g/mol. The topological polar surface area (TPSA) is 186 Å². The van der Waals surface area contributed by atoms with Crippen molar-refractivity contribution in [3.05, 3.63) is 42.5 Å². The molecule has 8 rings (SSSR count). The fraction of sp³-hybridized carbons (Fsp3) is 0.643. The molecule has 5 fully saturated rings. The number of sulfonamides is 1. The summed E-state index contributed by atoms with van der Waals surface area (Å²) >= 11 is 0. The number of hydrogen-bond acceptors (Lipinski definition) is 11. The Morgan fingerprint density at radius 2 is 1.83 bits per heavy atom. The number of nitrogens with one attached hydrogen (secondary N) is 3. The summed E-state index contributed by atoms with van der Waals surface area (Å²) in [7, 11) is -1.88. The zero-order valence-electron chi connectivity index (χ0n) is 33.7. The molecule has 1 unspecified atom stereocenters. The first kappa shape index (κ1) is 40.3. The second-order valence-electron chi connectivity index (χ2n) is 17.6. The Labute approximate surface area is 340 Å². The molecule has 2 aromatic rings. The third-order valence-electron chi connectivity index (χ3n) is 13.2.